The van der Waals surface area contributed by atoms with Gasteiger partial charge in [0.1, 0.15) is 0 Å². The summed E-state index contributed by atoms with van der Waals surface area (Å²) < 4.78 is 1.80. The van der Waals surface area contributed by atoms with E-state index in [4.69, 9.17) is 16.7 Å². The average Bonchev–Trinajstić information content (AvgIpc) is 2.92. The van der Waals surface area contributed by atoms with Crippen LogP contribution in [0.4, 0.5) is 0 Å². The Morgan fingerprint density at radius 2 is 1.61 bits per heavy atom. The Balaban J connectivity index is 1.59. The molecular formula is C23H24ClN3O. The SMILES string of the molecule is CN1C2CCC1CC(n1nc(Cc3ccc(Cl)cc3)c3ccccc3c1=O)C2. The number of rotatable bonds is 3. The molecule has 28 heavy (non-hydrogen) atoms. The third-order valence-electron chi connectivity index (χ3n) is 6.61. The van der Waals surface area contributed by atoms with Crippen molar-refractivity contribution < 1.29 is 0 Å². The molecule has 5 heteroatoms. The predicted octanol–water partition coefficient (Wildman–Crippen LogP) is 4.44. The van der Waals surface area contributed by atoms with Crippen LogP contribution in [0.15, 0.2) is 53.3 Å². The van der Waals surface area contributed by atoms with Gasteiger partial charge < -0.3 is 4.90 Å². The number of aromatic nitrogens is 2. The van der Waals surface area contributed by atoms with E-state index in [1.54, 1.807) is 4.68 Å². The summed E-state index contributed by atoms with van der Waals surface area (Å²) in [6, 6.07) is 17.1. The summed E-state index contributed by atoms with van der Waals surface area (Å²) in [5.41, 5.74) is 2.16. The molecule has 0 spiro atoms. The molecule has 144 valence electrons. The van der Waals surface area contributed by atoms with Crippen LogP contribution in [0.25, 0.3) is 10.8 Å². The van der Waals surface area contributed by atoms with Crippen molar-refractivity contribution in [3.63, 3.8) is 0 Å². The highest BCUT2D eigenvalue weighted by Gasteiger charge is 2.39. The first kappa shape index (κ1) is 17.9. The summed E-state index contributed by atoms with van der Waals surface area (Å²) in [6.45, 7) is 0. The van der Waals surface area contributed by atoms with Crippen LogP contribution < -0.4 is 5.56 Å². The van der Waals surface area contributed by atoms with E-state index in [9.17, 15) is 4.79 Å². The van der Waals surface area contributed by atoms with E-state index < -0.39 is 0 Å². The Morgan fingerprint density at radius 3 is 2.29 bits per heavy atom. The second kappa shape index (κ2) is 7.02. The van der Waals surface area contributed by atoms with Gasteiger partial charge in [-0.2, -0.15) is 5.10 Å². The molecule has 4 nitrogen and oxygen atoms in total. The Bertz CT molecular complexity index is 1060. The summed E-state index contributed by atoms with van der Waals surface area (Å²) in [6.07, 6.45) is 5.18. The average molecular weight is 394 g/mol. The van der Waals surface area contributed by atoms with Crippen LogP contribution in [0.3, 0.4) is 0 Å². The van der Waals surface area contributed by atoms with Crippen LogP contribution in [0, 0.1) is 0 Å². The Morgan fingerprint density at radius 1 is 0.964 bits per heavy atom. The molecular weight excluding hydrogens is 370 g/mol. The maximum Gasteiger partial charge on any atom is 0.274 e. The van der Waals surface area contributed by atoms with Gasteiger partial charge in [0.05, 0.1) is 17.1 Å². The Kier molecular flexibility index (Phi) is 4.48. The molecule has 2 saturated heterocycles. The third-order valence-corrected chi connectivity index (χ3v) is 6.86. The molecule has 3 heterocycles. The topological polar surface area (TPSA) is 38.1 Å². The third kappa shape index (κ3) is 3.05. The van der Waals surface area contributed by atoms with Gasteiger partial charge in [-0.15, -0.1) is 0 Å². The lowest BCUT2D eigenvalue weighted by Crippen LogP contribution is -2.43. The summed E-state index contributed by atoms with van der Waals surface area (Å²) in [7, 11) is 2.22. The maximum atomic E-state index is 13.3. The van der Waals surface area contributed by atoms with Gasteiger partial charge in [0, 0.05) is 28.9 Å². The lowest BCUT2D eigenvalue weighted by Gasteiger charge is -2.36. The van der Waals surface area contributed by atoms with E-state index in [1.807, 2.05) is 48.5 Å². The largest absolute Gasteiger partial charge is 0.300 e. The minimum atomic E-state index is 0.0457. The van der Waals surface area contributed by atoms with Gasteiger partial charge in [-0.25, -0.2) is 4.68 Å². The highest BCUT2D eigenvalue weighted by atomic mass is 35.5. The van der Waals surface area contributed by atoms with Crippen molar-refractivity contribution in [2.75, 3.05) is 7.05 Å². The van der Waals surface area contributed by atoms with Crippen molar-refractivity contribution in [2.45, 2.75) is 50.2 Å². The number of hydrogen-bond donors (Lipinski definition) is 0. The zero-order valence-electron chi connectivity index (χ0n) is 16.0. The van der Waals surface area contributed by atoms with Crippen molar-refractivity contribution in [1.82, 2.24) is 14.7 Å². The molecule has 2 aromatic carbocycles. The van der Waals surface area contributed by atoms with Gasteiger partial charge in [0.25, 0.3) is 5.56 Å². The first-order valence-corrected chi connectivity index (χ1v) is 10.4. The summed E-state index contributed by atoms with van der Waals surface area (Å²) in [4.78, 5) is 15.8. The quantitative estimate of drug-likeness (QED) is 0.660. The normalized spacial score (nSPS) is 24.7. The van der Waals surface area contributed by atoms with Gasteiger partial charge in [-0.1, -0.05) is 41.9 Å². The van der Waals surface area contributed by atoms with E-state index in [-0.39, 0.29) is 11.6 Å². The zero-order chi connectivity index (χ0) is 19.3. The number of fused-ring (bicyclic) bond motifs is 3. The molecule has 0 aliphatic carbocycles. The highest BCUT2D eigenvalue weighted by Crippen LogP contribution is 2.39. The lowest BCUT2D eigenvalue weighted by molar-refractivity contribution is 0.129. The molecule has 2 aliphatic rings. The summed E-state index contributed by atoms with van der Waals surface area (Å²) in [5, 5.41) is 7.37. The minimum absolute atomic E-state index is 0.0457. The molecule has 2 atom stereocenters. The molecule has 0 amide bonds. The molecule has 2 aliphatic heterocycles. The van der Waals surface area contributed by atoms with Gasteiger partial charge in [0.2, 0.25) is 0 Å². The Labute approximate surface area is 169 Å². The number of benzene rings is 2. The predicted molar refractivity (Wildman–Crippen MR) is 113 cm³/mol. The second-order valence-electron chi connectivity index (χ2n) is 8.22. The Hall–Kier alpha value is -2.17. The van der Waals surface area contributed by atoms with E-state index in [2.05, 4.69) is 11.9 Å². The molecule has 0 N–H and O–H groups in total. The van der Waals surface area contributed by atoms with Crippen LogP contribution in [0.1, 0.15) is 43.0 Å². The molecule has 0 saturated carbocycles. The summed E-state index contributed by atoms with van der Waals surface area (Å²) >= 11 is 6.04. The van der Waals surface area contributed by atoms with Crippen LogP contribution in [0.2, 0.25) is 5.02 Å². The molecule has 2 bridgehead atoms. The molecule has 3 aromatic rings. The van der Waals surface area contributed by atoms with Crippen molar-refractivity contribution in [3.05, 3.63) is 75.2 Å². The van der Waals surface area contributed by atoms with Crippen LogP contribution in [-0.4, -0.2) is 33.8 Å². The fraction of sp³-hybridized carbons (Fsp3) is 0.391. The van der Waals surface area contributed by atoms with Gasteiger partial charge >= 0.3 is 0 Å². The number of piperidine rings is 1. The van der Waals surface area contributed by atoms with Crippen LogP contribution >= 0.6 is 11.6 Å². The highest BCUT2D eigenvalue weighted by molar-refractivity contribution is 6.30. The van der Waals surface area contributed by atoms with Gasteiger partial charge in [-0.05, 0) is 56.5 Å². The lowest BCUT2D eigenvalue weighted by atomic mass is 9.97. The molecule has 5 rings (SSSR count). The first-order chi connectivity index (χ1) is 13.6. The van der Waals surface area contributed by atoms with Crippen LogP contribution in [-0.2, 0) is 6.42 Å². The smallest absolute Gasteiger partial charge is 0.274 e. The van der Waals surface area contributed by atoms with Crippen molar-refractivity contribution in [3.8, 4) is 0 Å². The number of hydrogen-bond acceptors (Lipinski definition) is 3. The molecule has 1 aromatic heterocycles. The van der Waals surface area contributed by atoms with E-state index in [1.165, 1.54) is 12.8 Å². The monoisotopic (exact) mass is 393 g/mol. The van der Waals surface area contributed by atoms with Gasteiger partial charge in [-0.3, -0.25) is 4.79 Å². The fourth-order valence-corrected chi connectivity index (χ4v) is 5.16. The second-order valence-corrected chi connectivity index (χ2v) is 8.66. The zero-order valence-corrected chi connectivity index (χ0v) is 16.8. The van der Waals surface area contributed by atoms with E-state index in [0.29, 0.717) is 18.5 Å². The van der Waals surface area contributed by atoms with Crippen molar-refractivity contribution >= 4 is 22.4 Å². The number of nitrogens with zero attached hydrogens (tertiary/aromatic N) is 3. The van der Waals surface area contributed by atoms with Crippen molar-refractivity contribution in [2.24, 2.45) is 0 Å². The molecule has 2 fully saturated rings. The van der Waals surface area contributed by atoms with Crippen LogP contribution in [0.5, 0.6) is 0 Å². The minimum Gasteiger partial charge on any atom is -0.300 e. The van der Waals surface area contributed by atoms with E-state index in [0.717, 1.165) is 39.9 Å². The molecule has 2 unspecified atom stereocenters. The fourth-order valence-electron chi connectivity index (χ4n) is 5.03. The van der Waals surface area contributed by atoms with Crippen molar-refractivity contribution in [1.29, 1.82) is 0 Å². The standard InChI is InChI=1S/C23H24ClN3O/c1-26-17-10-11-18(26)14-19(13-17)27-23(28)21-5-3-2-4-20(21)22(25-27)12-15-6-8-16(24)9-7-15/h2-9,17-19H,10-14H2,1H3. The molecule has 0 radical (unpaired) electrons. The summed E-state index contributed by atoms with van der Waals surface area (Å²) in [5.74, 6) is 0. The number of halogens is 1. The van der Waals surface area contributed by atoms with E-state index >= 15 is 0 Å². The van der Waals surface area contributed by atoms with Gasteiger partial charge in [0.15, 0.2) is 0 Å². The first-order valence-electron chi connectivity index (χ1n) is 10.1. The maximum absolute atomic E-state index is 13.3.